The molecule has 4 aliphatic carbocycles. The summed E-state index contributed by atoms with van der Waals surface area (Å²) in [4.78, 5) is 4.04. The fourth-order valence-electron chi connectivity index (χ4n) is 5.63. The van der Waals surface area contributed by atoms with Gasteiger partial charge in [-0.1, -0.05) is 0 Å². The van der Waals surface area contributed by atoms with Crippen molar-refractivity contribution in [3.05, 3.63) is 18.5 Å². The fourth-order valence-corrected chi connectivity index (χ4v) is 5.63. The van der Waals surface area contributed by atoms with E-state index in [4.69, 9.17) is 5.73 Å². The average molecular weight is 271 g/mol. The van der Waals surface area contributed by atoms with Gasteiger partial charge in [0.1, 0.15) is 0 Å². The summed E-state index contributed by atoms with van der Waals surface area (Å²) in [7, 11) is 0. The lowest BCUT2D eigenvalue weighted by molar-refractivity contribution is -0.0552. The highest BCUT2D eigenvalue weighted by Crippen LogP contribution is 2.61. The summed E-state index contributed by atoms with van der Waals surface area (Å²) in [5, 5.41) is 3.52. The predicted octanol–water partition coefficient (Wildman–Crippen LogP) is 3.68. The van der Waals surface area contributed by atoms with Crippen LogP contribution >= 0.6 is 0 Å². The van der Waals surface area contributed by atoms with E-state index in [1.165, 1.54) is 44.9 Å². The van der Waals surface area contributed by atoms with Crippen LogP contribution < -0.4 is 11.1 Å². The van der Waals surface area contributed by atoms with E-state index < -0.39 is 0 Å². The number of nitrogens with two attached hydrogens (primary N) is 1. The highest BCUT2D eigenvalue weighted by molar-refractivity contribution is 5.64. The molecular weight excluding hydrogens is 246 g/mol. The van der Waals surface area contributed by atoms with Gasteiger partial charge in [0.15, 0.2) is 0 Å². The number of anilines is 2. The Hall–Kier alpha value is -1.25. The molecule has 4 aliphatic rings. The maximum Gasteiger partial charge on any atom is 0.0736 e. The Labute approximate surface area is 121 Å². The van der Waals surface area contributed by atoms with Crippen molar-refractivity contribution in [3.63, 3.8) is 0 Å². The van der Waals surface area contributed by atoms with E-state index >= 15 is 0 Å². The Kier molecular flexibility index (Phi) is 2.90. The van der Waals surface area contributed by atoms with E-state index in [2.05, 4.69) is 10.3 Å². The summed E-state index contributed by atoms with van der Waals surface area (Å²) >= 11 is 0. The zero-order valence-corrected chi connectivity index (χ0v) is 12.1. The smallest absolute Gasteiger partial charge is 0.0736 e. The molecule has 0 spiro atoms. The van der Waals surface area contributed by atoms with E-state index in [0.717, 1.165) is 35.7 Å². The molecule has 1 aromatic heterocycles. The van der Waals surface area contributed by atoms with Crippen LogP contribution in [-0.2, 0) is 0 Å². The molecule has 3 nitrogen and oxygen atoms in total. The lowest BCUT2D eigenvalue weighted by Gasteiger charge is -2.57. The Morgan fingerprint density at radius 2 is 1.80 bits per heavy atom. The molecule has 0 aliphatic heterocycles. The van der Waals surface area contributed by atoms with Gasteiger partial charge in [-0.2, -0.15) is 0 Å². The molecule has 5 rings (SSSR count). The number of pyridine rings is 1. The number of nitrogens with zero attached hydrogens (tertiary/aromatic N) is 1. The first kappa shape index (κ1) is 12.5. The summed E-state index contributed by atoms with van der Waals surface area (Å²) in [5.74, 6) is 3.15. The van der Waals surface area contributed by atoms with Crippen molar-refractivity contribution in [3.8, 4) is 0 Å². The maximum absolute atomic E-state index is 5.94. The number of nitrogens with one attached hydrogen (secondary N) is 1. The number of hydrogen-bond donors (Lipinski definition) is 2. The molecule has 20 heavy (non-hydrogen) atoms. The summed E-state index contributed by atoms with van der Waals surface area (Å²) < 4.78 is 0. The third kappa shape index (κ3) is 2.17. The zero-order chi connectivity index (χ0) is 13.6. The lowest BCUT2D eigenvalue weighted by atomic mass is 9.49. The number of nitrogen functional groups attached to an aromatic ring is 1. The Morgan fingerprint density at radius 1 is 1.15 bits per heavy atom. The fraction of sp³-hybridized carbons (Fsp3) is 0.706. The van der Waals surface area contributed by atoms with Gasteiger partial charge in [0.05, 0.1) is 17.6 Å². The minimum Gasteiger partial charge on any atom is -0.396 e. The van der Waals surface area contributed by atoms with Crippen LogP contribution in [0.15, 0.2) is 18.5 Å². The minimum atomic E-state index is 0.656. The van der Waals surface area contributed by atoms with Crippen molar-refractivity contribution in [1.29, 1.82) is 0 Å². The van der Waals surface area contributed by atoms with Crippen LogP contribution in [0, 0.1) is 23.2 Å². The van der Waals surface area contributed by atoms with E-state index in [1.54, 1.807) is 6.20 Å². The Balaban J connectivity index is 1.39. The molecule has 0 aromatic carbocycles. The highest BCUT2D eigenvalue weighted by Gasteiger charge is 2.50. The van der Waals surface area contributed by atoms with Crippen molar-refractivity contribution in [2.45, 2.75) is 44.9 Å². The Bertz CT molecular complexity index is 461. The van der Waals surface area contributed by atoms with Crippen LogP contribution in [0.1, 0.15) is 44.9 Å². The standard InChI is InChI=1S/C17H25N3/c18-15-11-19-3-1-16(15)20-4-2-17-8-12-5-13(9-17)7-14(6-12)10-17/h1,3,11-14H,2,4-10,18H2,(H,19,20). The summed E-state index contributed by atoms with van der Waals surface area (Å²) in [5.41, 5.74) is 8.41. The molecule has 1 aromatic rings. The van der Waals surface area contributed by atoms with Crippen molar-refractivity contribution in [1.82, 2.24) is 4.98 Å². The second-order valence-electron chi connectivity index (χ2n) is 7.56. The van der Waals surface area contributed by atoms with E-state index in [9.17, 15) is 0 Å². The van der Waals surface area contributed by atoms with E-state index in [0.29, 0.717) is 5.41 Å². The molecule has 0 saturated heterocycles. The molecule has 0 atom stereocenters. The van der Waals surface area contributed by atoms with Gasteiger partial charge in [-0.25, -0.2) is 0 Å². The van der Waals surface area contributed by atoms with Gasteiger partial charge in [0.2, 0.25) is 0 Å². The summed E-state index contributed by atoms with van der Waals surface area (Å²) in [6, 6.07) is 1.98. The third-order valence-corrected chi connectivity index (χ3v) is 5.99. The largest absolute Gasteiger partial charge is 0.396 e. The maximum atomic E-state index is 5.94. The molecular formula is C17H25N3. The molecule has 0 radical (unpaired) electrons. The monoisotopic (exact) mass is 271 g/mol. The molecule has 4 saturated carbocycles. The van der Waals surface area contributed by atoms with Crippen LogP contribution in [0.25, 0.3) is 0 Å². The minimum absolute atomic E-state index is 0.656. The quantitative estimate of drug-likeness (QED) is 0.878. The molecule has 3 N–H and O–H groups in total. The van der Waals surface area contributed by atoms with Gasteiger partial charge >= 0.3 is 0 Å². The van der Waals surface area contributed by atoms with Crippen LogP contribution in [0.2, 0.25) is 0 Å². The van der Waals surface area contributed by atoms with Crippen LogP contribution in [-0.4, -0.2) is 11.5 Å². The van der Waals surface area contributed by atoms with Gasteiger partial charge in [0.25, 0.3) is 0 Å². The van der Waals surface area contributed by atoms with Gasteiger partial charge in [-0.15, -0.1) is 0 Å². The van der Waals surface area contributed by atoms with Crippen molar-refractivity contribution in [2.75, 3.05) is 17.6 Å². The van der Waals surface area contributed by atoms with Crippen LogP contribution in [0.3, 0.4) is 0 Å². The molecule has 108 valence electrons. The van der Waals surface area contributed by atoms with Crippen LogP contribution in [0.4, 0.5) is 11.4 Å². The molecule has 3 heteroatoms. The number of rotatable bonds is 4. The zero-order valence-electron chi connectivity index (χ0n) is 12.1. The number of hydrogen-bond acceptors (Lipinski definition) is 3. The third-order valence-electron chi connectivity index (χ3n) is 5.99. The van der Waals surface area contributed by atoms with Crippen molar-refractivity contribution >= 4 is 11.4 Å². The molecule has 1 heterocycles. The van der Waals surface area contributed by atoms with Gasteiger partial charge in [-0.3, -0.25) is 4.98 Å². The van der Waals surface area contributed by atoms with E-state index in [-0.39, 0.29) is 0 Å². The van der Waals surface area contributed by atoms with Crippen molar-refractivity contribution in [2.24, 2.45) is 23.2 Å². The van der Waals surface area contributed by atoms with Gasteiger partial charge in [-0.05, 0) is 74.2 Å². The van der Waals surface area contributed by atoms with Crippen molar-refractivity contribution < 1.29 is 0 Å². The van der Waals surface area contributed by atoms with Crippen LogP contribution in [0.5, 0.6) is 0 Å². The predicted molar refractivity (Wildman–Crippen MR) is 82.4 cm³/mol. The molecule has 4 fully saturated rings. The first-order valence-electron chi connectivity index (χ1n) is 8.16. The highest BCUT2D eigenvalue weighted by atomic mass is 14.9. The molecule has 4 bridgehead atoms. The second kappa shape index (κ2) is 4.64. The molecule has 0 unspecified atom stereocenters. The normalized spacial score (nSPS) is 38.1. The van der Waals surface area contributed by atoms with E-state index in [1.807, 2.05) is 12.3 Å². The summed E-state index contributed by atoms with van der Waals surface area (Å²) in [6.07, 6.45) is 13.9. The Morgan fingerprint density at radius 3 is 2.40 bits per heavy atom. The molecule has 0 amide bonds. The van der Waals surface area contributed by atoms with Gasteiger partial charge < -0.3 is 11.1 Å². The first-order chi connectivity index (χ1) is 9.72. The lowest BCUT2D eigenvalue weighted by Crippen LogP contribution is -2.46. The average Bonchev–Trinajstić information content (AvgIpc) is 2.39. The summed E-state index contributed by atoms with van der Waals surface area (Å²) in [6.45, 7) is 1.06. The second-order valence-corrected chi connectivity index (χ2v) is 7.56. The van der Waals surface area contributed by atoms with Gasteiger partial charge in [0, 0.05) is 12.7 Å². The topological polar surface area (TPSA) is 50.9 Å². The first-order valence-corrected chi connectivity index (χ1v) is 8.16. The SMILES string of the molecule is Nc1cnccc1NCCC12CC3CC(CC(C3)C1)C2. The number of aromatic nitrogens is 1.